The van der Waals surface area contributed by atoms with Gasteiger partial charge in [-0.25, -0.2) is 0 Å². The summed E-state index contributed by atoms with van der Waals surface area (Å²) in [5.74, 6) is -0.118. The highest BCUT2D eigenvalue weighted by Gasteiger charge is 2.10. The van der Waals surface area contributed by atoms with Gasteiger partial charge in [0.15, 0.2) is 0 Å². The number of rotatable bonds is 3. The van der Waals surface area contributed by atoms with Crippen LogP contribution in [0, 0.1) is 13.8 Å². The molecule has 0 atom stereocenters. The Labute approximate surface area is 112 Å². The normalized spacial score (nSPS) is 10.2. The van der Waals surface area contributed by atoms with Crippen molar-refractivity contribution in [2.75, 3.05) is 5.73 Å². The van der Waals surface area contributed by atoms with Crippen molar-refractivity contribution in [2.24, 2.45) is 0 Å². The van der Waals surface area contributed by atoms with Gasteiger partial charge in [0.05, 0.1) is 0 Å². The Bertz CT molecular complexity index is 608. The number of hydrogen-bond donors (Lipinski definition) is 2. The Morgan fingerprint density at radius 1 is 1.32 bits per heavy atom. The van der Waals surface area contributed by atoms with Gasteiger partial charge in [0, 0.05) is 30.2 Å². The lowest BCUT2D eigenvalue weighted by Gasteiger charge is -2.10. The Kier molecular flexibility index (Phi) is 3.80. The molecule has 4 nitrogen and oxygen atoms in total. The molecule has 0 fully saturated rings. The SMILES string of the molecule is Cc1ccncc1CNC(=O)c1cccc(N)c1C. The molecule has 1 amide bonds. The molecule has 0 aliphatic rings. The molecular weight excluding hydrogens is 238 g/mol. The Balaban J connectivity index is 2.10. The van der Waals surface area contributed by atoms with E-state index < -0.39 is 0 Å². The quantitative estimate of drug-likeness (QED) is 0.826. The monoisotopic (exact) mass is 255 g/mol. The highest BCUT2D eigenvalue weighted by Crippen LogP contribution is 2.15. The molecule has 0 aliphatic heterocycles. The maximum Gasteiger partial charge on any atom is 0.251 e. The van der Waals surface area contributed by atoms with Gasteiger partial charge in [-0.1, -0.05) is 6.07 Å². The smallest absolute Gasteiger partial charge is 0.251 e. The zero-order valence-electron chi connectivity index (χ0n) is 11.1. The van der Waals surface area contributed by atoms with E-state index in [9.17, 15) is 4.79 Å². The number of amides is 1. The molecule has 0 radical (unpaired) electrons. The Hall–Kier alpha value is -2.36. The first-order chi connectivity index (χ1) is 9.09. The van der Waals surface area contributed by atoms with Gasteiger partial charge in [-0.3, -0.25) is 9.78 Å². The van der Waals surface area contributed by atoms with Gasteiger partial charge in [0.1, 0.15) is 0 Å². The van der Waals surface area contributed by atoms with Gasteiger partial charge in [-0.15, -0.1) is 0 Å². The minimum atomic E-state index is -0.118. The lowest BCUT2D eigenvalue weighted by Crippen LogP contribution is -2.24. The van der Waals surface area contributed by atoms with E-state index >= 15 is 0 Å². The minimum Gasteiger partial charge on any atom is -0.398 e. The summed E-state index contributed by atoms with van der Waals surface area (Å²) in [6.45, 7) is 4.31. The minimum absolute atomic E-state index is 0.118. The van der Waals surface area contributed by atoms with Crippen molar-refractivity contribution in [2.45, 2.75) is 20.4 Å². The standard InChI is InChI=1S/C15H17N3O/c1-10-6-7-17-8-12(10)9-18-15(19)13-4-3-5-14(16)11(13)2/h3-8H,9,16H2,1-2H3,(H,18,19). The molecule has 0 saturated heterocycles. The third-order valence-electron chi connectivity index (χ3n) is 3.21. The fraction of sp³-hybridized carbons (Fsp3) is 0.200. The number of nitrogens with one attached hydrogen (secondary N) is 1. The summed E-state index contributed by atoms with van der Waals surface area (Å²) in [6, 6.07) is 7.27. The predicted molar refractivity (Wildman–Crippen MR) is 75.7 cm³/mol. The summed E-state index contributed by atoms with van der Waals surface area (Å²) in [5.41, 5.74) is 9.97. The molecule has 19 heavy (non-hydrogen) atoms. The second-order valence-corrected chi connectivity index (χ2v) is 4.50. The van der Waals surface area contributed by atoms with Crippen molar-refractivity contribution in [3.63, 3.8) is 0 Å². The zero-order chi connectivity index (χ0) is 13.8. The van der Waals surface area contributed by atoms with Crippen LogP contribution >= 0.6 is 0 Å². The fourth-order valence-electron chi connectivity index (χ4n) is 1.85. The van der Waals surface area contributed by atoms with E-state index in [1.54, 1.807) is 30.6 Å². The van der Waals surface area contributed by atoms with E-state index in [1.165, 1.54) is 0 Å². The molecule has 98 valence electrons. The second-order valence-electron chi connectivity index (χ2n) is 4.50. The lowest BCUT2D eigenvalue weighted by atomic mass is 10.1. The first-order valence-electron chi connectivity index (χ1n) is 6.12. The van der Waals surface area contributed by atoms with Gasteiger partial charge in [0.25, 0.3) is 5.91 Å². The number of hydrogen-bond acceptors (Lipinski definition) is 3. The number of pyridine rings is 1. The zero-order valence-corrected chi connectivity index (χ0v) is 11.1. The topological polar surface area (TPSA) is 68.0 Å². The van der Waals surface area contributed by atoms with Crippen LogP contribution in [0.3, 0.4) is 0 Å². The molecule has 0 saturated carbocycles. The molecule has 2 rings (SSSR count). The van der Waals surface area contributed by atoms with E-state index in [0.717, 1.165) is 16.7 Å². The summed E-state index contributed by atoms with van der Waals surface area (Å²) in [6.07, 6.45) is 3.50. The molecule has 0 spiro atoms. The summed E-state index contributed by atoms with van der Waals surface area (Å²) < 4.78 is 0. The molecule has 3 N–H and O–H groups in total. The average molecular weight is 255 g/mol. The average Bonchev–Trinajstić information content (AvgIpc) is 2.40. The highest BCUT2D eigenvalue weighted by molar-refractivity contribution is 5.96. The van der Waals surface area contributed by atoms with Gasteiger partial charge in [-0.05, 0) is 48.7 Å². The maximum absolute atomic E-state index is 12.1. The van der Waals surface area contributed by atoms with Crippen LogP contribution in [0.1, 0.15) is 27.0 Å². The van der Waals surface area contributed by atoms with Crippen molar-refractivity contribution in [1.29, 1.82) is 0 Å². The first kappa shape index (κ1) is 13.1. The van der Waals surface area contributed by atoms with Gasteiger partial charge < -0.3 is 11.1 Å². The van der Waals surface area contributed by atoms with E-state index in [-0.39, 0.29) is 5.91 Å². The van der Waals surface area contributed by atoms with Crippen molar-refractivity contribution >= 4 is 11.6 Å². The van der Waals surface area contributed by atoms with Crippen LogP contribution in [0.2, 0.25) is 0 Å². The molecule has 1 heterocycles. The number of aromatic nitrogens is 1. The second kappa shape index (κ2) is 5.52. The molecule has 4 heteroatoms. The van der Waals surface area contributed by atoms with Crippen LogP contribution in [-0.4, -0.2) is 10.9 Å². The van der Waals surface area contributed by atoms with E-state index in [4.69, 9.17) is 5.73 Å². The third kappa shape index (κ3) is 2.91. The van der Waals surface area contributed by atoms with E-state index in [2.05, 4.69) is 10.3 Å². The van der Waals surface area contributed by atoms with Crippen LogP contribution in [0.5, 0.6) is 0 Å². The molecule has 2 aromatic rings. The molecule has 1 aromatic heterocycles. The number of carbonyl (C=O) groups excluding carboxylic acids is 1. The summed E-state index contributed by atoms with van der Waals surface area (Å²) in [7, 11) is 0. The van der Waals surface area contributed by atoms with Gasteiger partial charge >= 0.3 is 0 Å². The first-order valence-corrected chi connectivity index (χ1v) is 6.12. The summed E-state index contributed by atoms with van der Waals surface area (Å²) in [4.78, 5) is 16.2. The van der Waals surface area contributed by atoms with Crippen molar-refractivity contribution < 1.29 is 4.79 Å². The van der Waals surface area contributed by atoms with Crippen LogP contribution in [0.15, 0.2) is 36.7 Å². The highest BCUT2D eigenvalue weighted by atomic mass is 16.1. The van der Waals surface area contributed by atoms with Crippen LogP contribution in [0.25, 0.3) is 0 Å². The third-order valence-corrected chi connectivity index (χ3v) is 3.21. The molecule has 0 bridgehead atoms. The van der Waals surface area contributed by atoms with Crippen molar-refractivity contribution in [1.82, 2.24) is 10.3 Å². The maximum atomic E-state index is 12.1. The number of nitrogens with zero attached hydrogens (tertiary/aromatic N) is 1. The number of carbonyl (C=O) groups is 1. The molecule has 1 aromatic carbocycles. The van der Waals surface area contributed by atoms with Gasteiger partial charge in [0.2, 0.25) is 0 Å². The lowest BCUT2D eigenvalue weighted by molar-refractivity contribution is 0.0950. The Morgan fingerprint density at radius 3 is 2.84 bits per heavy atom. The fourth-order valence-corrected chi connectivity index (χ4v) is 1.85. The van der Waals surface area contributed by atoms with Crippen LogP contribution < -0.4 is 11.1 Å². The van der Waals surface area contributed by atoms with Crippen molar-refractivity contribution in [3.05, 3.63) is 58.9 Å². The number of nitrogens with two attached hydrogens (primary N) is 1. The summed E-state index contributed by atoms with van der Waals surface area (Å²) in [5, 5.41) is 2.89. The van der Waals surface area contributed by atoms with Crippen molar-refractivity contribution in [3.8, 4) is 0 Å². The van der Waals surface area contributed by atoms with Crippen LogP contribution in [0.4, 0.5) is 5.69 Å². The predicted octanol–water partition coefficient (Wildman–Crippen LogP) is 2.21. The van der Waals surface area contributed by atoms with E-state index in [0.29, 0.717) is 17.8 Å². The number of nitrogen functional groups attached to an aromatic ring is 1. The molecule has 0 aliphatic carbocycles. The Morgan fingerprint density at radius 2 is 2.11 bits per heavy atom. The largest absolute Gasteiger partial charge is 0.398 e. The van der Waals surface area contributed by atoms with Gasteiger partial charge in [-0.2, -0.15) is 0 Å². The molecular formula is C15H17N3O. The van der Waals surface area contributed by atoms with E-state index in [1.807, 2.05) is 19.9 Å². The summed E-state index contributed by atoms with van der Waals surface area (Å²) >= 11 is 0. The molecule has 0 unspecified atom stereocenters. The van der Waals surface area contributed by atoms with Crippen LogP contribution in [-0.2, 0) is 6.54 Å². The number of anilines is 1. The number of aryl methyl sites for hydroxylation is 1. The number of benzene rings is 1.